The Bertz CT molecular complexity index is 160. The smallest absolute Gasteiger partial charge is 0.217 e. The summed E-state index contributed by atoms with van der Waals surface area (Å²) in [7, 11) is 0. The molecule has 0 rings (SSSR count). The van der Waals surface area contributed by atoms with Gasteiger partial charge in [0.05, 0.1) is 6.10 Å². The minimum absolute atomic E-state index is 0.956. The zero-order chi connectivity index (χ0) is 9.89. The van der Waals surface area contributed by atoms with Gasteiger partial charge in [-0.15, -0.1) is 12.6 Å². The highest BCUT2D eigenvalue weighted by Gasteiger charge is 2.30. The summed E-state index contributed by atoms with van der Waals surface area (Å²) in [5.74, 6) is 0. The molecule has 0 heterocycles. The Morgan fingerprint density at radius 2 is 1.58 bits per heavy atom. The molecule has 0 radical (unpaired) electrons. The number of thiol groups is 1. The second-order valence-electron chi connectivity index (χ2n) is 2.50. The number of aliphatic hydroxyl groups excluding tert-OH is 4. The average molecular weight is 196 g/mol. The summed E-state index contributed by atoms with van der Waals surface area (Å²) >= 11 is 3.25. The zero-order valence-electron chi connectivity index (χ0n) is 6.45. The maximum Gasteiger partial charge on any atom is 0.217 e. The summed E-state index contributed by atoms with van der Waals surface area (Å²) in [6, 6.07) is 0. The number of hydrogen-bond donors (Lipinski definition) is 5. The fourth-order valence-electron chi connectivity index (χ4n) is 0.618. The van der Waals surface area contributed by atoms with E-state index in [1.54, 1.807) is 0 Å². The van der Waals surface area contributed by atoms with Crippen molar-refractivity contribution in [3.63, 3.8) is 0 Å². The van der Waals surface area contributed by atoms with E-state index in [4.69, 9.17) is 20.4 Å². The summed E-state index contributed by atoms with van der Waals surface area (Å²) in [6.45, 7) is 1.23. The molecule has 0 aliphatic heterocycles. The maximum absolute atomic E-state index is 10.4. The lowest BCUT2D eigenvalue weighted by Crippen LogP contribution is -2.45. The average Bonchev–Trinajstić information content (AvgIpc) is 2.00. The van der Waals surface area contributed by atoms with Crippen molar-refractivity contribution in [2.24, 2.45) is 0 Å². The molecule has 72 valence electrons. The Balaban J connectivity index is 4.18. The minimum Gasteiger partial charge on any atom is -0.391 e. The van der Waals surface area contributed by atoms with Gasteiger partial charge < -0.3 is 20.4 Å². The molecule has 4 N–H and O–H groups in total. The molecule has 0 amide bonds. The van der Waals surface area contributed by atoms with Gasteiger partial charge in [0.25, 0.3) is 0 Å². The van der Waals surface area contributed by atoms with Crippen molar-refractivity contribution in [1.82, 2.24) is 0 Å². The van der Waals surface area contributed by atoms with Crippen LogP contribution in [0.4, 0.5) is 0 Å². The molecule has 4 atom stereocenters. The summed E-state index contributed by atoms with van der Waals surface area (Å²) < 4.78 is 0. The number of rotatable bonds is 4. The standard InChI is InChI=1S/C6H12O5S/c1-2(7)3(8)4(9)5(10)6(11)12/h2-5,7-10H,1H3,(H,11,12). The highest BCUT2D eigenvalue weighted by molar-refractivity contribution is 7.96. The lowest BCUT2D eigenvalue weighted by Gasteiger charge is -2.22. The molecule has 5 nitrogen and oxygen atoms in total. The third-order valence-electron chi connectivity index (χ3n) is 1.42. The molecule has 0 spiro atoms. The minimum atomic E-state index is -1.78. The molecule has 0 aromatic heterocycles. The molecule has 0 aromatic rings. The Labute approximate surface area is 75.1 Å². The predicted molar refractivity (Wildman–Crippen MR) is 43.7 cm³/mol. The van der Waals surface area contributed by atoms with Gasteiger partial charge in [0.1, 0.15) is 12.2 Å². The van der Waals surface area contributed by atoms with Gasteiger partial charge in [0, 0.05) is 0 Å². The summed E-state index contributed by atoms with van der Waals surface area (Å²) in [4.78, 5) is 10.4. The largest absolute Gasteiger partial charge is 0.391 e. The zero-order valence-corrected chi connectivity index (χ0v) is 7.35. The van der Waals surface area contributed by atoms with Crippen molar-refractivity contribution in [3.8, 4) is 0 Å². The van der Waals surface area contributed by atoms with Crippen LogP contribution in [-0.4, -0.2) is 50.0 Å². The number of carbonyl (C=O) groups excluding carboxylic acids is 1. The van der Waals surface area contributed by atoms with Crippen molar-refractivity contribution >= 4 is 17.7 Å². The third-order valence-corrected chi connectivity index (χ3v) is 1.69. The normalized spacial score (nSPS) is 21.2. The van der Waals surface area contributed by atoms with Crippen LogP contribution in [0.1, 0.15) is 6.92 Å². The van der Waals surface area contributed by atoms with Crippen LogP contribution in [0.3, 0.4) is 0 Å². The van der Waals surface area contributed by atoms with Crippen LogP contribution < -0.4 is 0 Å². The van der Waals surface area contributed by atoms with Gasteiger partial charge in [-0.3, -0.25) is 4.79 Å². The molecule has 0 fully saturated rings. The molecule has 6 heteroatoms. The van der Waals surface area contributed by atoms with Crippen molar-refractivity contribution in [2.45, 2.75) is 31.3 Å². The number of hydrogen-bond acceptors (Lipinski definition) is 5. The summed E-state index contributed by atoms with van der Waals surface area (Å²) in [5, 5.41) is 34.6. The Kier molecular flexibility index (Phi) is 4.73. The van der Waals surface area contributed by atoms with Crippen LogP contribution >= 0.6 is 12.6 Å². The fourth-order valence-corrected chi connectivity index (χ4v) is 0.771. The molecule has 0 aliphatic carbocycles. The van der Waals surface area contributed by atoms with E-state index < -0.39 is 29.5 Å². The van der Waals surface area contributed by atoms with Gasteiger partial charge in [0.15, 0.2) is 6.10 Å². The van der Waals surface area contributed by atoms with Crippen LogP contribution in [-0.2, 0) is 4.79 Å². The topological polar surface area (TPSA) is 98.0 Å². The first kappa shape index (κ1) is 11.9. The van der Waals surface area contributed by atoms with Gasteiger partial charge in [-0.1, -0.05) is 0 Å². The molecule has 12 heavy (non-hydrogen) atoms. The first-order valence-electron chi connectivity index (χ1n) is 3.33. The van der Waals surface area contributed by atoms with Gasteiger partial charge in [0.2, 0.25) is 5.12 Å². The Hall–Kier alpha value is -0.140. The van der Waals surface area contributed by atoms with Crippen molar-refractivity contribution in [2.75, 3.05) is 0 Å². The van der Waals surface area contributed by atoms with Crippen LogP contribution in [0.5, 0.6) is 0 Å². The Morgan fingerprint density at radius 1 is 1.17 bits per heavy atom. The monoisotopic (exact) mass is 196 g/mol. The molecule has 4 unspecified atom stereocenters. The fraction of sp³-hybridized carbons (Fsp3) is 0.833. The summed E-state index contributed by atoms with van der Waals surface area (Å²) in [6.07, 6.45) is -6.27. The van der Waals surface area contributed by atoms with Gasteiger partial charge in [-0.05, 0) is 6.92 Å². The van der Waals surface area contributed by atoms with Crippen molar-refractivity contribution < 1.29 is 25.2 Å². The molecule has 0 aromatic carbocycles. The van der Waals surface area contributed by atoms with Gasteiger partial charge >= 0.3 is 0 Å². The van der Waals surface area contributed by atoms with Gasteiger partial charge in [-0.25, -0.2) is 0 Å². The molecule has 0 saturated carbocycles. The molecule has 0 aliphatic rings. The second-order valence-corrected chi connectivity index (χ2v) is 2.95. The quantitative estimate of drug-likeness (QED) is 0.332. The van der Waals surface area contributed by atoms with E-state index in [-0.39, 0.29) is 0 Å². The molecular formula is C6H12O5S. The highest BCUT2D eigenvalue weighted by atomic mass is 32.1. The number of aliphatic hydroxyl groups is 4. The van der Waals surface area contributed by atoms with Crippen LogP contribution in [0.25, 0.3) is 0 Å². The molecule has 0 bridgehead atoms. The van der Waals surface area contributed by atoms with E-state index in [9.17, 15) is 4.79 Å². The van der Waals surface area contributed by atoms with E-state index in [1.807, 2.05) is 0 Å². The third kappa shape index (κ3) is 3.08. The van der Waals surface area contributed by atoms with E-state index in [0.29, 0.717) is 0 Å². The lowest BCUT2D eigenvalue weighted by atomic mass is 10.1. The summed E-state index contributed by atoms with van der Waals surface area (Å²) in [5.41, 5.74) is 0. The lowest BCUT2D eigenvalue weighted by molar-refractivity contribution is -0.135. The second kappa shape index (κ2) is 4.78. The van der Waals surface area contributed by atoms with E-state index in [0.717, 1.165) is 0 Å². The van der Waals surface area contributed by atoms with Crippen LogP contribution in [0.2, 0.25) is 0 Å². The highest BCUT2D eigenvalue weighted by Crippen LogP contribution is 2.06. The van der Waals surface area contributed by atoms with E-state index in [1.165, 1.54) is 6.92 Å². The first-order chi connectivity index (χ1) is 5.37. The van der Waals surface area contributed by atoms with Gasteiger partial charge in [-0.2, -0.15) is 0 Å². The SMILES string of the molecule is CC(O)C(O)C(O)C(O)C(=O)S. The predicted octanol–water partition coefficient (Wildman–Crippen LogP) is -2.09. The Morgan fingerprint density at radius 3 is 1.83 bits per heavy atom. The van der Waals surface area contributed by atoms with E-state index >= 15 is 0 Å². The first-order valence-corrected chi connectivity index (χ1v) is 3.77. The van der Waals surface area contributed by atoms with Crippen molar-refractivity contribution in [1.29, 1.82) is 0 Å². The van der Waals surface area contributed by atoms with Crippen molar-refractivity contribution in [3.05, 3.63) is 0 Å². The maximum atomic E-state index is 10.4. The molecule has 0 saturated heterocycles. The number of carbonyl (C=O) groups is 1. The van der Waals surface area contributed by atoms with Crippen LogP contribution in [0, 0.1) is 0 Å². The van der Waals surface area contributed by atoms with Crippen LogP contribution in [0.15, 0.2) is 0 Å². The van der Waals surface area contributed by atoms with E-state index in [2.05, 4.69) is 12.6 Å². The molecular weight excluding hydrogens is 184 g/mol.